The van der Waals surface area contributed by atoms with Crippen molar-refractivity contribution >= 4 is 17.9 Å². The fourth-order valence-corrected chi connectivity index (χ4v) is 7.12. The van der Waals surface area contributed by atoms with Crippen LogP contribution < -0.4 is 0 Å². The van der Waals surface area contributed by atoms with E-state index in [0.717, 1.165) is 109 Å². The molecule has 0 aromatic carbocycles. The van der Waals surface area contributed by atoms with Crippen molar-refractivity contribution in [1.82, 2.24) is 0 Å². The average Bonchev–Trinajstić information content (AvgIpc) is 3.27. The number of rotatable bonds is 46. The van der Waals surface area contributed by atoms with E-state index < -0.39 is 6.10 Å². The summed E-state index contributed by atoms with van der Waals surface area (Å²) < 4.78 is 16.8. The molecule has 62 heavy (non-hydrogen) atoms. The molecular formula is C56H96O6. The van der Waals surface area contributed by atoms with Crippen LogP contribution in [0.25, 0.3) is 0 Å². The van der Waals surface area contributed by atoms with E-state index in [0.29, 0.717) is 19.3 Å². The molecule has 0 radical (unpaired) electrons. The first-order valence-electron chi connectivity index (χ1n) is 25.9. The van der Waals surface area contributed by atoms with Crippen molar-refractivity contribution in [1.29, 1.82) is 0 Å². The minimum atomic E-state index is -0.782. The number of ether oxygens (including phenoxy) is 3. The second-order valence-corrected chi connectivity index (χ2v) is 17.0. The second kappa shape index (κ2) is 50.5. The van der Waals surface area contributed by atoms with Crippen LogP contribution in [0.4, 0.5) is 0 Å². The van der Waals surface area contributed by atoms with Crippen LogP contribution in [-0.2, 0) is 28.6 Å². The molecule has 6 heteroatoms. The molecule has 6 nitrogen and oxygen atoms in total. The molecule has 0 N–H and O–H groups in total. The first kappa shape index (κ1) is 58.9. The largest absolute Gasteiger partial charge is 0.462 e. The Morgan fingerprint density at radius 3 is 0.984 bits per heavy atom. The number of hydrogen-bond acceptors (Lipinski definition) is 6. The highest BCUT2D eigenvalue weighted by Crippen LogP contribution is 2.15. The van der Waals surface area contributed by atoms with E-state index in [2.05, 4.69) is 93.7 Å². The van der Waals surface area contributed by atoms with Gasteiger partial charge in [-0.25, -0.2) is 0 Å². The molecule has 0 aromatic rings. The molecular weight excluding hydrogens is 769 g/mol. The molecule has 0 saturated heterocycles. The zero-order valence-electron chi connectivity index (χ0n) is 40.6. The lowest BCUT2D eigenvalue weighted by Gasteiger charge is -2.18. The Labute approximate surface area is 382 Å². The van der Waals surface area contributed by atoms with Crippen LogP contribution in [0.2, 0.25) is 0 Å². The van der Waals surface area contributed by atoms with Gasteiger partial charge in [0.15, 0.2) is 6.10 Å². The summed E-state index contributed by atoms with van der Waals surface area (Å²) in [6.45, 7) is 6.39. The fourth-order valence-electron chi connectivity index (χ4n) is 7.12. The first-order chi connectivity index (χ1) is 30.5. The van der Waals surface area contributed by atoms with E-state index in [4.69, 9.17) is 14.2 Å². The Morgan fingerprint density at radius 1 is 0.339 bits per heavy atom. The topological polar surface area (TPSA) is 78.9 Å². The molecule has 0 bridgehead atoms. The van der Waals surface area contributed by atoms with Crippen LogP contribution in [0, 0.1) is 0 Å². The van der Waals surface area contributed by atoms with Crippen molar-refractivity contribution in [3.63, 3.8) is 0 Å². The second-order valence-electron chi connectivity index (χ2n) is 17.0. The predicted molar refractivity (Wildman–Crippen MR) is 265 cm³/mol. The van der Waals surface area contributed by atoms with Crippen LogP contribution >= 0.6 is 0 Å². The van der Waals surface area contributed by atoms with Crippen LogP contribution in [0.5, 0.6) is 0 Å². The smallest absolute Gasteiger partial charge is 0.306 e. The van der Waals surface area contributed by atoms with Gasteiger partial charge in [0, 0.05) is 19.3 Å². The molecule has 1 atom stereocenters. The maximum Gasteiger partial charge on any atom is 0.306 e. The summed E-state index contributed by atoms with van der Waals surface area (Å²) in [5.74, 6) is -0.900. The van der Waals surface area contributed by atoms with Crippen molar-refractivity contribution in [2.75, 3.05) is 13.2 Å². The summed E-state index contributed by atoms with van der Waals surface area (Å²) in [5, 5.41) is 0. The Balaban J connectivity index is 4.37. The molecule has 0 heterocycles. The number of allylic oxidation sites excluding steroid dienone is 12. The molecule has 1 unspecified atom stereocenters. The van der Waals surface area contributed by atoms with E-state index in [1.165, 1.54) is 96.3 Å². The molecule has 0 spiro atoms. The van der Waals surface area contributed by atoms with Crippen molar-refractivity contribution < 1.29 is 28.6 Å². The van der Waals surface area contributed by atoms with E-state index in [9.17, 15) is 14.4 Å². The van der Waals surface area contributed by atoms with Gasteiger partial charge in [-0.15, -0.1) is 0 Å². The van der Waals surface area contributed by atoms with E-state index in [1.807, 2.05) is 0 Å². The molecule has 0 amide bonds. The summed E-state index contributed by atoms with van der Waals surface area (Å²) in [6.07, 6.45) is 63.1. The lowest BCUT2D eigenvalue weighted by atomic mass is 10.1. The monoisotopic (exact) mass is 865 g/mol. The Morgan fingerprint density at radius 2 is 0.629 bits per heavy atom. The summed E-state index contributed by atoms with van der Waals surface area (Å²) in [7, 11) is 0. The third-order valence-electron chi connectivity index (χ3n) is 11.0. The zero-order valence-corrected chi connectivity index (χ0v) is 40.6. The van der Waals surface area contributed by atoms with Crippen LogP contribution in [0.3, 0.4) is 0 Å². The Kier molecular flexibility index (Phi) is 47.9. The minimum Gasteiger partial charge on any atom is -0.462 e. The van der Waals surface area contributed by atoms with Gasteiger partial charge in [-0.3, -0.25) is 14.4 Å². The van der Waals surface area contributed by atoms with E-state index in [1.54, 1.807) is 0 Å². The van der Waals surface area contributed by atoms with Crippen molar-refractivity contribution in [3.05, 3.63) is 72.9 Å². The summed E-state index contributed by atoms with van der Waals surface area (Å²) >= 11 is 0. The van der Waals surface area contributed by atoms with Gasteiger partial charge in [-0.2, -0.15) is 0 Å². The molecule has 0 aliphatic rings. The Bertz CT molecular complexity index is 1180. The minimum absolute atomic E-state index is 0.0814. The maximum absolute atomic E-state index is 12.8. The third-order valence-corrected chi connectivity index (χ3v) is 11.0. The van der Waals surface area contributed by atoms with Gasteiger partial charge in [0.2, 0.25) is 0 Å². The van der Waals surface area contributed by atoms with Gasteiger partial charge in [0.05, 0.1) is 0 Å². The number of carbonyl (C=O) groups excluding carboxylic acids is 3. The SMILES string of the molecule is CC/C=C\C/C=C\C/C=C\CCCCCCCCCC(=O)OCC(COC(=O)CCCCCCCCCCCC)OC(=O)CCCCCCCCC/C=C\C/C=C\C/C=C\CC. The van der Waals surface area contributed by atoms with Gasteiger partial charge in [-0.05, 0) is 83.5 Å². The standard InChI is InChI=1S/C56H96O6/c1-4-7-10-13-16-19-22-24-26-28-30-32-34-37-40-43-46-49-55(58)61-52-53(51-60-54(57)48-45-42-39-36-21-18-15-12-9-6-3)62-56(59)50-47-44-41-38-35-33-31-29-27-25-23-20-17-14-11-8-5-2/h7-8,10-11,16-17,19-20,24-27,53H,4-6,9,12-15,18,21-23,28-52H2,1-3H3/b10-7-,11-8-,19-16-,20-17-,26-24-,27-25-. The highest BCUT2D eigenvalue weighted by atomic mass is 16.6. The van der Waals surface area contributed by atoms with Crippen LogP contribution in [0.1, 0.15) is 245 Å². The molecule has 0 aliphatic heterocycles. The van der Waals surface area contributed by atoms with E-state index >= 15 is 0 Å². The summed E-state index contributed by atoms with van der Waals surface area (Å²) in [5.41, 5.74) is 0. The number of carbonyl (C=O) groups is 3. The number of esters is 3. The van der Waals surface area contributed by atoms with Crippen molar-refractivity contribution in [2.24, 2.45) is 0 Å². The van der Waals surface area contributed by atoms with Crippen LogP contribution in [-0.4, -0.2) is 37.2 Å². The highest BCUT2D eigenvalue weighted by Gasteiger charge is 2.19. The summed E-state index contributed by atoms with van der Waals surface area (Å²) in [6, 6.07) is 0. The normalized spacial score (nSPS) is 12.6. The molecule has 0 aliphatic carbocycles. The average molecular weight is 865 g/mol. The van der Waals surface area contributed by atoms with Gasteiger partial charge in [0.1, 0.15) is 13.2 Å². The number of unbranched alkanes of at least 4 members (excludes halogenated alkanes) is 23. The lowest BCUT2D eigenvalue weighted by molar-refractivity contribution is -0.167. The van der Waals surface area contributed by atoms with E-state index in [-0.39, 0.29) is 31.1 Å². The fraction of sp³-hybridized carbons (Fsp3) is 0.732. The Hall–Kier alpha value is -3.15. The maximum atomic E-state index is 12.8. The molecule has 0 saturated carbocycles. The highest BCUT2D eigenvalue weighted by molar-refractivity contribution is 5.71. The van der Waals surface area contributed by atoms with Crippen LogP contribution in [0.15, 0.2) is 72.9 Å². The van der Waals surface area contributed by atoms with Crippen molar-refractivity contribution in [2.45, 2.75) is 252 Å². The third kappa shape index (κ3) is 47.9. The molecule has 356 valence electrons. The quantitative estimate of drug-likeness (QED) is 0.0262. The van der Waals surface area contributed by atoms with Gasteiger partial charge in [-0.1, -0.05) is 216 Å². The summed E-state index contributed by atoms with van der Waals surface area (Å²) in [4.78, 5) is 37.9. The zero-order chi connectivity index (χ0) is 45.1. The molecule has 0 fully saturated rings. The lowest BCUT2D eigenvalue weighted by Crippen LogP contribution is -2.30. The van der Waals surface area contributed by atoms with Gasteiger partial charge < -0.3 is 14.2 Å². The first-order valence-corrected chi connectivity index (χ1v) is 25.9. The number of hydrogen-bond donors (Lipinski definition) is 0. The molecule has 0 aromatic heterocycles. The van der Waals surface area contributed by atoms with Gasteiger partial charge >= 0.3 is 17.9 Å². The molecule has 0 rings (SSSR count). The van der Waals surface area contributed by atoms with Crippen molar-refractivity contribution in [3.8, 4) is 0 Å². The van der Waals surface area contributed by atoms with Gasteiger partial charge in [0.25, 0.3) is 0 Å². The predicted octanol–water partition coefficient (Wildman–Crippen LogP) is 17.0.